The van der Waals surface area contributed by atoms with Crippen LogP contribution in [-0.4, -0.2) is 34.2 Å². The molecule has 0 aliphatic heterocycles. The molecule has 4 rings (SSSR count). The monoisotopic (exact) mass is 459 g/mol. The van der Waals surface area contributed by atoms with Crippen molar-refractivity contribution < 1.29 is 19.8 Å². The Bertz CT molecular complexity index is 844. The average Bonchev–Trinajstić information content (AvgIpc) is 3.03. The second-order valence-electron chi connectivity index (χ2n) is 10.1. The highest BCUT2D eigenvalue weighted by Gasteiger charge is 2.37. The molecule has 5 nitrogen and oxygen atoms in total. The van der Waals surface area contributed by atoms with Crippen molar-refractivity contribution in [2.45, 2.75) is 103 Å². The van der Waals surface area contributed by atoms with Gasteiger partial charge in [0.2, 0.25) is 5.91 Å². The zero-order valence-electron chi connectivity index (χ0n) is 19.2. The van der Waals surface area contributed by atoms with E-state index in [-0.39, 0.29) is 28.8 Å². The molecule has 1 heterocycles. The Labute approximate surface area is 195 Å². The summed E-state index contributed by atoms with van der Waals surface area (Å²) in [7, 11) is 0. The van der Waals surface area contributed by atoms with Crippen LogP contribution in [-0.2, 0) is 4.79 Å². The lowest BCUT2D eigenvalue weighted by molar-refractivity contribution is -0.124. The molecule has 2 fully saturated rings. The smallest absolute Gasteiger partial charge is 0.348 e. The molecule has 0 radical (unpaired) electrons. The van der Waals surface area contributed by atoms with Crippen LogP contribution in [0.1, 0.15) is 105 Å². The fraction of sp³-hybridized carbons (Fsp3) is 0.692. The molecule has 32 heavy (non-hydrogen) atoms. The molecule has 1 aromatic heterocycles. The Hall–Kier alpha value is -1.66. The molecular weight excluding hydrogens is 422 g/mol. The van der Waals surface area contributed by atoms with Crippen molar-refractivity contribution in [3.05, 3.63) is 21.9 Å². The molecule has 2 N–H and O–H groups in total. The summed E-state index contributed by atoms with van der Waals surface area (Å²) in [5, 5.41) is 20.1. The topological polar surface area (TPSA) is 77.8 Å². The van der Waals surface area contributed by atoms with Gasteiger partial charge in [-0.3, -0.25) is 4.79 Å². The Morgan fingerprint density at radius 2 is 1.72 bits per heavy atom. The van der Waals surface area contributed by atoms with Crippen molar-refractivity contribution in [1.82, 2.24) is 0 Å². The fourth-order valence-electron chi connectivity index (χ4n) is 5.63. The number of aliphatic hydroxyl groups is 1. The van der Waals surface area contributed by atoms with E-state index in [0.717, 1.165) is 62.7 Å². The summed E-state index contributed by atoms with van der Waals surface area (Å²) >= 11 is 1.33. The van der Waals surface area contributed by atoms with E-state index in [0.29, 0.717) is 24.4 Å². The molecule has 0 atom stereocenters. The molecule has 6 heteroatoms. The zero-order chi connectivity index (χ0) is 22.7. The highest BCUT2D eigenvalue weighted by molar-refractivity contribution is 7.15. The summed E-state index contributed by atoms with van der Waals surface area (Å²) in [6.45, 7) is 2.25. The molecule has 0 spiro atoms. The number of carboxylic acids is 1. The first-order valence-corrected chi connectivity index (χ1v) is 13.3. The van der Waals surface area contributed by atoms with E-state index >= 15 is 0 Å². The maximum absolute atomic E-state index is 13.9. The predicted octanol–water partition coefficient (Wildman–Crippen LogP) is 6.26. The number of carbonyl (C=O) groups excluding carboxylic acids is 1. The van der Waals surface area contributed by atoms with Gasteiger partial charge >= 0.3 is 5.97 Å². The molecule has 0 saturated heterocycles. The Balaban J connectivity index is 1.70. The number of hydrogen-bond donors (Lipinski definition) is 2. The predicted molar refractivity (Wildman–Crippen MR) is 129 cm³/mol. The van der Waals surface area contributed by atoms with Gasteiger partial charge in [-0.25, -0.2) is 4.79 Å². The highest BCUT2D eigenvalue weighted by Crippen LogP contribution is 2.41. The van der Waals surface area contributed by atoms with Gasteiger partial charge in [0, 0.05) is 16.8 Å². The first-order valence-electron chi connectivity index (χ1n) is 12.5. The summed E-state index contributed by atoms with van der Waals surface area (Å²) in [5.41, 5.74) is 1.83. The number of hydrogen-bond acceptors (Lipinski definition) is 4. The summed E-state index contributed by atoms with van der Waals surface area (Å²) in [5.74, 6) is -0.224. The highest BCUT2D eigenvalue weighted by atomic mass is 32.1. The van der Waals surface area contributed by atoms with Crippen LogP contribution in [0.5, 0.6) is 0 Å². The number of amides is 1. The number of carbonyl (C=O) groups is 2. The Morgan fingerprint density at radius 1 is 1.00 bits per heavy atom. The normalized spacial score (nSPS) is 29.1. The first-order chi connectivity index (χ1) is 15.4. The summed E-state index contributed by atoms with van der Waals surface area (Å²) < 4.78 is 0. The molecule has 2 saturated carbocycles. The number of allylic oxidation sites excluding steroid dienone is 2. The summed E-state index contributed by atoms with van der Waals surface area (Å²) in [4.78, 5) is 29.3. The van der Waals surface area contributed by atoms with Crippen LogP contribution < -0.4 is 4.90 Å². The number of anilines is 1. The Kier molecular flexibility index (Phi) is 7.72. The SMILES string of the molecule is CC1CCC(C(=O)N(c2cc(C3=CCCCCC3)sc2C(=O)O)C2CCC(O)CC2)CC1. The lowest BCUT2D eigenvalue weighted by atomic mass is 9.81. The third kappa shape index (κ3) is 5.28. The van der Waals surface area contributed by atoms with Crippen molar-refractivity contribution in [3.63, 3.8) is 0 Å². The third-order valence-corrected chi connectivity index (χ3v) is 8.85. The number of carboxylic acid groups (broad SMARTS) is 1. The van der Waals surface area contributed by atoms with Gasteiger partial charge in [0.05, 0.1) is 11.8 Å². The second kappa shape index (κ2) is 10.5. The van der Waals surface area contributed by atoms with E-state index in [2.05, 4.69) is 13.0 Å². The van der Waals surface area contributed by atoms with Gasteiger partial charge in [-0.15, -0.1) is 11.3 Å². The minimum Gasteiger partial charge on any atom is -0.477 e. The molecular formula is C26H37NO4S. The maximum Gasteiger partial charge on any atom is 0.348 e. The first kappa shape index (κ1) is 23.5. The van der Waals surface area contributed by atoms with Gasteiger partial charge in [0.1, 0.15) is 4.88 Å². The van der Waals surface area contributed by atoms with Gasteiger partial charge in [-0.2, -0.15) is 0 Å². The zero-order valence-corrected chi connectivity index (χ0v) is 20.0. The minimum atomic E-state index is -0.948. The fourth-order valence-corrected chi connectivity index (χ4v) is 6.68. The van der Waals surface area contributed by atoms with E-state index in [1.165, 1.54) is 29.8 Å². The van der Waals surface area contributed by atoms with Crippen LogP contribution in [0.3, 0.4) is 0 Å². The van der Waals surface area contributed by atoms with Crippen LogP contribution in [0.15, 0.2) is 12.1 Å². The van der Waals surface area contributed by atoms with E-state index in [4.69, 9.17) is 0 Å². The number of nitrogens with zero attached hydrogens (tertiary/aromatic N) is 1. The number of thiophene rings is 1. The average molecular weight is 460 g/mol. The van der Waals surface area contributed by atoms with Crippen molar-refractivity contribution in [2.75, 3.05) is 4.90 Å². The van der Waals surface area contributed by atoms with E-state index < -0.39 is 5.97 Å². The van der Waals surface area contributed by atoms with Crippen molar-refractivity contribution in [1.29, 1.82) is 0 Å². The molecule has 3 aliphatic rings. The molecule has 0 unspecified atom stereocenters. The molecule has 0 bridgehead atoms. The standard InChI is InChI=1S/C26H37NO4S/c1-17-8-10-19(11-9-17)25(29)27(20-12-14-21(28)15-13-20)22-16-23(32-24(22)26(30)31)18-6-4-2-3-5-7-18/h6,16-17,19-21,28H,2-5,7-15H2,1H3,(H,30,31). The van der Waals surface area contributed by atoms with Crippen LogP contribution in [0, 0.1) is 11.8 Å². The van der Waals surface area contributed by atoms with Crippen molar-refractivity contribution in [2.24, 2.45) is 11.8 Å². The van der Waals surface area contributed by atoms with Crippen molar-refractivity contribution >= 4 is 34.5 Å². The summed E-state index contributed by atoms with van der Waals surface area (Å²) in [6, 6.07) is 1.95. The number of aromatic carboxylic acids is 1. The maximum atomic E-state index is 13.9. The van der Waals surface area contributed by atoms with Gasteiger partial charge in [-0.05, 0) is 94.6 Å². The Morgan fingerprint density at radius 3 is 2.41 bits per heavy atom. The quantitative estimate of drug-likeness (QED) is 0.545. The van der Waals surface area contributed by atoms with Crippen LogP contribution in [0.4, 0.5) is 5.69 Å². The third-order valence-electron chi connectivity index (χ3n) is 7.66. The van der Waals surface area contributed by atoms with E-state index in [1.807, 2.05) is 11.0 Å². The van der Waals surface area contributed by atoms with Crippen LogP contribution in [0.2, 0.25) is 0 Å². The largest absolute Gasteiger partial charge is 0.477 e. The van der Waals surface area contributed by atoms with E-state index in [9.17, 15) is 19.8 Å². The van der Waals surface area contributed by atoms with Gasteiger partial charge in [0.25, 0.3) is 0 Å². The molecule has 1 aromatic rings. The molecule has 1 amide bonds. The lowest BCUT2D eigenvalue weighted by Crippen LogP contribution is -2.47. The van der Waals surface area contributed by atoms with Crippen LogP contribution >= 0.6 is 11.3 Å². The van der Waals surface area contributed by atoms with E-state index in [1.54, 1.807) is 0 Å². The van der Waals surface area contributed by atoms with Gasteiger partial charge in [-0.1, -0.05) is 19.4 Å². The number of rotatable bonds is 5. The van der Waals surface area contributed by atoms with Gasteiger partial charge < -0.3 is 15.1 Å². The van der Waals surface area contributed by atoms with Crippen molar-refractivity contribution in [3.8, 4) is 0 Å². The number of aliphatic hydroxyl groups excluding tert-OH is 1. The van der Waals surface area contributed by atoms with Gasteiger partial charge in [0.15, 0.2) is 0 Å². The minimum absolute atomic E-state index is 0.0276. The lowest BCUT2D eigenvalue weighted by Gasteiger charge is -2.38. The molecule has 3 aliphatic carbocycles. The molecule has 176 valence electrons. The second-order valence-corrected chi connectivity index (χ2v) is 11.1. The molecule has 0 aromatic carbocycles. The summed E-state index contributed by atoms with van der Waals surface area (Å²) in [6.07, 6.45) is 14.2. The van der Waals surface area contributed by atoms with Crippen LogP contribution in [0.25, 0.3) is 5.57 Å².